The molecule has 0 amide bonds. The lowest BCUT2D eigenvalue weighted by Gasteiger charge is -2.39. The van der Waals surface area contributed by atoms with E-state index >= 15 is 0 Å². The second kappa shape index (κ2) is 7.81. The molecule has 2 aliphatic rings. The number of ether oxygens (including phenoxy) is 1. The van der Waals surface area contributed by atoms with E-state index in [0.717, 1.165) is 11.3 Å². The van der Waals surface area contributed by atoms with Gasteiger partial charge in [0.15, 0.2) is 5.78 Å². The summed E-state index contributed by atoms with van der Waals surface area (Å²) in [5.41, 5.74) is 1.37. The molecule has 5 heteroatoms. The SMILES string of the molecule is O=C1Oc2ccccc2C2N(c3ccccc3)N=C(c3ccccc3)C12C(=O)c1ccccc1. The van der Waals surface area contributed by atoms with Gasteiger partial charge in [0.25, 0.3) is 0 Å². The van der Waals surface area contributed by atoms with Gasteiger partial charge in [0.05, 0.1) is 11.4 Å². The summed E-state index contributed by atoms with van der Waals surface area (Å²) in [5.74, 6) is -0.510. The van der Waals surface area contributed by atoms with Crippen LogP contribution in [0.15, 0.2) is 120 Å². The van der Waals surface area contributed by atoms with Crippen LogP contribution in [0.3, 0.4) is 0 Å². The second-order valence-electron chi connectivity index (χ2n) is 8.33. The molecule has 0 saturated heterocycles. The minimum atomic E-state index is -1.67. The number of carbonyl (C=O) groups excluding carboxylic acids is 2. The highest BCUT2D eigenvalue weighted by Crippen LogP contribution is 2.55. The summed E-state index contributed by atoms with van der Waals surface area (Å²) in [4.78, 5) is 28.4. The topological polar surface area (TPSA) is 59.0 Å². The number of para-hydroxylation sites is 2. The van der Waals surface area contributed by atoms with Crippen molar-refractivity contribution in [3.63, 3.8) is 0 Å². The van der Waals surface area contributed by atoms with Crippen molar-refractivity contribution in [2.75, 3.05) is 5.01 Å². The molecule has 0 aliphatic carbocycles. The third-order valence-electron chi connectivity index (χ3n) is 6.44. The van der Waals surface area contributed by atoms with Gasteiger partial charge in [0, 0.05) is 11.1 Å². The average Bonchev–Trinajstić information content (AvgIpc) is 3.28. The Morgan fingerprint density at radius 3 is 2.06 bits per heavy atom. The molecule has 0 aromatic heterocycles. The van der Waals surface area contributed by atoms with Gasteiger partial charge in [-0.25, -0.2) is 0 Å². The zero-order chi connectivity index (χ0) is 23.1. The zero-order valence-corrected chi connectivity index (χ0v) is 18.2. The summed E-state index contributed by atoms with van der Waals surface area (Å²) < 4.78 is 5.86. The number of nitrogens with zero attached hydrogens (tertiary/aromatic N) is 2. The van der Waals surface area contributed by atoms with Gasteiger partial charge in [0.1, 0.15) is 11.8 Å². The van der Waals surface area contributed by atoms with Gasteiger partial charge in [0.2, 0.25) is 5.41 Å². The lowest BCUT2D eigenvalue weighted by Crippen LogP contribution is -2.54. The summed E-state index contributed by atoms with van der Waals surface area (Å²) >= 11 is 0. The van der Waals surface area contributed by atoms with Crippen molar-refractivity contribution in [1.82, 2.24) is 0 Å². The number of esters is 1. The highest BCUT2D eigenvalue weighted by Gasteiger charge is 2.66. The van der Waals surface area contributed by atoms with E-state index in [1.165, 1.54) is 0 Å². The second-order valence-corrected chi connectivity index (χ2v) is 8.33. The summed E-state index contributed by atoms with van der Waals surface area (Å²) in [6.07, 6.45) is 0. The number of fused-ring (bicyclic) bond motifs is 3. The van der Waals surface area contributed by atoms with Crippen LogP contribution in [0.2, 0.25) is 0 Å². The predicted octanol–water partition coefficient (Wildman–Crippen LogP) is 5.44. The van der Waals surface area contributed by atoms with Crippen molar-refractivity contribution in [3.8, 4) is 5.75 Å². The number of hydrogen-bond donors (Lipinski definition) is 0. The number of hydrazone groups is 1. The number of rotatable bonds is 4. The van der Waals surface area contributed by atoms with Crippen LogP contribution in [0.4, 0.5) is 5.69 Å². The molecule has 164 valence electrons. The molecular weight excluding hydrogens is 424 g/mol. The Morgan fingerprint density at radius 2 is 1.35 bits per heavy atom. The maximum Gasteiger partial charge on any atom is 0.334 e. The predicted molar refractivity (Wildman–Crippen MR) is 130 cm³/mol. The molecule has 0 N–H and O–H groups in total. The van der Waals surface area contributed by atoms with E-state index in [1.807, 2.05) is 84.9 Å². The molecular formula is C29H20N2O3. The molecule has 0 radical (unpaired) electrons. The van der Waals surface area contributed by atoms with E-state index in [0.29, 0.717) is 22.6 Å². The van der Waals surface area contributed by atoms with Gasteiger partial charge in [-0.05, 0) is 23.8 Å². The van der Waals surface area contributed by atoms with Crippen molar-refractivity contribution in [3.05, 3.63) is 132 Å². The van der Waals surface area contributed by atoms with Crippen molar-refractivity contribution >= 4 is 23.2 Å². The lowest BCUT2D eigenvalue weighted by molar-refractivity contribution is -0.141. The first-order valence-electron chi connectivity index (χ1n) is 11.1. The number of Topliss-reactive ketones (excluding diaryl/α,β-unsaturated/α-hetero) is 1. The van der Waals surface area contributed by atoms with Crippen LogP contribution in [0.5, 0.6) is 5.75 Å². The zero-order valence-electron chi connectivity index (χ0n) is 18.2. The first-order chi connectivity index (χ1) is 16.7. The standard InChI is InChI=1S/C29H20N2O3/c32-27(21-14-6-2-7-15-21)29-25(20-12-4-1-5-13-20)30-31(22-16-8-3-9-17-22)26(29)23-18-10-11-19-24(23)34-28(29)33/h1-19,26H. The molecule has 6 rings (SSSR count). The van der Waals surface area contributed by atoms with Crippen LogP contribution >= 0.6 is 0 Å². The third kappa shape index (κ3) is 2.83. The van der Waals surface area contributed by atoms with Crippen molar-refractivity contribution in [2.24, 2.45) is 10.5 Å². The first kappa shape index (κ1) is 20.1. The largest absolute Gasteiger partial charge is 0.425 e. The van der Waals surface area contributed by atoms with Crippen molar-refractivity contribution < 1.29 is 14.3 Å². The van der Waals surface area contributed by atoms with E-state index in [4.69, 9.17) is 9.84 Å². The molecule has 0 bridgehead atoms. The van der Waals surface area contributed by atoms with Gasteiger partial charge < -0.3 is 4.74 Å². The van der Waals surface area contributed by atoms with E-state index < -0.39 is 17.4 Å². The molecule has 2 aliphatic heterocycles. The monoisotopic (exact) mass is 444 g/mol. The molecule has 0 saturated carbocycles. The maximum absolute atomic E-state index is 14.4. The first-order valence-corrected chi connectivity index (χ1v) is 11.1. The number of anilines is 1. The van der Waals surface area contributed by atoms with Gasteiger partial charge in [-0.1, -0.05) is 97.1 Å². The molecule has 2 atom stereocenters. The quantitative estimate of drug-likeness (QED) is 0.182. The number of hydrogen-bond acceptors (Lipinski definition) is 5. The number of carbonyl (C=O) groups is 2. The van der Waals surface area contributed by atoms with Gasteiger partial charge in [-0.3, -0.25) is 14.6 Å². The van der Waals surface area contributed by atoms with Crippen molar-refractivity contribution in [2.45, 2.75) is 6.04 Å². The van der Waals surface area contributed by atoms with Crippen molar-refractivity contribution in [1.29, 1.82) is 0 Å². The molecule has 0 fully saturated rings. The molecule has 0 spiro atoms. The van der Waals surface area contributed by atoms with Crippen LogP contribution in [-0.2, 0) is 4.79 Å². The minimum absolute atomic E-state index is 0.335. The Labute approximate surface area is 196 Å². The lowest BCUT2D eigenvalue weighted by atomic mass is 9.66. The van der Waals surface area contributed by atoms with Crippen LogP contribution < -0.4 is 9.75 Å². The third-order valence-corrected chi connectivity index (χ3v) is 6.44. The number of benzene rings is 4. The Kier molecular flexibility index (Phi) is 4.62. The van der Waals surface area contributed by atoms with Crippen LogP contribution in [0.1, 0.15) is 27.5 Å². The summed E-state index contributed by atoms with van der Waals surface area (Å²) in [6, 6.07) is 34.6. The number of ketones is 1. The van der Waals surface area contributed by atoms with E-state index in [1.54, 1.807) is 35.3 Å². The minimum Gasteiger partial charge on any atom is -0.425 e. The Morgan fingerprint density at radius 1 is 0.765 bits per heavy atom. The van der Waals surface area contributed by atoms with E-state index in [-0.39, 0.29) is 5.78 Å². The molecule has 2 heterocycles. The fraction of sp³-hybridized carbons (Fsp3) is 0.0690. The van der Waals surface area contributed by atoms with Gasteiger partial charge >= 0.3 is 5.97 Å². The molecule has 4 aromatic carbocycles. The Balaban J connectivity index is 1.68. The van der Waals surface area contributed by atoms with E-state index in [9.17, 15) is 9.59 Å². The maximum atomic E-state index is 14.4. The van der Waals surface area contributed by atoms with E-state index in [2.05, 4.69) is 0 Å². The fourth-order valence-electron chi connectivity index (χ4n) is 4.92. The van der Waals surface area contributed by atoms with Crippen LogP contribution in [0, 0.1) is 5.41 Å². The molecule has 4 aromatic rings. The Hall–Kier alpha value is -4.51. The van der Waals surface area contributed by atoms with Gasteiger partial charge in [-0.15, -0.1) is 0 Å². The normalized spacial score (nSPS) is 20.7. The molecule has 34 heavy (non-hydrogen) atoms. The highest BCUT2D eigenvalue weighted by molar-refractivity contribution is 6.35. The van der Waals surface area contributed by atoms with Gasteiger partial charge in [-0.2, -0.15) is 5.10 Å². The molecule has 2 unspecified atom stereocenters. The van der Waals surface area contributed by atoms with Crippen LogP contribution in [-0.4, -0.2) is 17.5 Å². The highest BCUT2D eigenvalue weighted by atomic mass is 16.5. The summed E-state index contributed by atoms with van der Waals surface area (Å²) in [6.45, 7) is 0. The van der Waals surface area contributed by atoms with Crippen LogP contribution in [0.25, 0.3) is 0 Å². The summed E-state index contributed by atoms with van der Waals surface area (Å²) in [5, 5.41) is 6.76. The smallest absolute Gasteiger partial charge is 0.334 e. The Bertz CT molecular complexity index is 1420. The molecule has 5 nitrogen and oxygen atoms in total. The fourth-order valence-corrected chi connectivity index (χ4v) is 4.92. The summed E-state index contributed by atoms with van der Waals surface area (Å²) in [7, 11) is 0. The average molecular weight is 444 g/mol.